The minimum atomic E-state index is -0.996. The first-order valence-corrected chi connectivity index (χ1v) is 7.72. The molecular weight excluding hydrogens is 252 g/mol. The molecule has 1 unspecified atom stereocenters. The molecule has 0 amide bonds. The minimum Gasteiger partial charge on any atom is -0.478 e. The lowest BCUT2D eigenvalue weighted by atomic mass is 10.1. The molecule has 0 spiro atoms. The largest absolute Gasteiger partial charge is 0.478 e. The van der Waals surface area contributed by atoms with Crippen LogP contribution in [0.4, 0.5) is 0 Å². The van der Waals surface area contributed by atoms with Gasteiger partial charge in [0.15, 0.2) is 0 Å². The summed E-state index contributed by atoms with van der Waals surface area (Å²) in [4.78, 5) is 10.9. The van der Waals surface area contributed by atoms with Gasteiger partial charge in [-0.15, -0.1) is 0 Å². The summed E-state index contributed by atoms with van der Waals surface area (Å²) in [7, 11) is -0.956. The summed E-state index contributed by atoms with van der Waals surface area (Å²) in [5.74, 6) is 1.51. The number of carbonyl (C=O) groups is 1. The third kappa shape index (κ3) is 3.22. The van der Waals surface area contributed by atoms with Crippen molar-refractivity contribution >= 4 is 16.8 Å². The molecule has 1 heterocycles. The van der Waals surface area contributed by atoms with Crippen LogP contribution in [-0.2, 0) is 16.6 Å². The Bertz CT molecular complexity index is 458. The van der Waals surface area contributed by atoms with Crippen molar-refractivity contribution in [3.63, 3.8) is 0 Å². The van der Waals surface area contributed by atoms with E-state index in [0.717, 1.165) is 0 Å². The van der Waals surface area contributed by atoms with Crippen molar-refractivity contribution in [3.05, 3.63) is 23.2 Å². The van der Waals surface area contributed by atoms with E-state index in [9.17, 15) is 9.00 Å². The van der Waals surface area contributed by atoms with E-state index in [4.69, 9.17) is 9.52 Å². The Balaban J connectivity index is 1.94. The first kappa shape index (κ1) is 13.3. The highest BCUT2D eigenvalue weighted by atomic mass is 32.2. The molecule has 1 aliphatic rings. The molecular formula is C13H18O4S. The van der Waals surface area contributed by atoms with E-state index < -0.39 is 16.8 Å². The van der Waals surface area contributed by atoms with Gasteiger partial charge in [0.05, 0.1) is 5.75 Å². The molecule has 0 radical (unpaired) electrons. The normalized spacial score (nSPS) is 18.1. The second kappa shape index (κ2) is 5.69. The minimum absolute atomic E-state index is 0.169. The van der Waals surface area contributed by atoms with E-state index in [2.05, 4.69) is 0 Å². The first-order chi connectivity index (χ1) is 8.56. The number of carboxylic acid groups (broad SMARTS) is 1. The number of aryl methyl sites for hydroxylation is 1. The zero-order chi connectivity index (χ0) is 13.1. The summed E-state index contributed by atoms with van der Waals surface area (Å²) in [5.41, 5.74) is 0.169. The topological polar surface area (TPSA) is 67.5 Å². The van der Waals surface area contributed by atoms with Gasteiger partial charge in [0.25, 0.3) is 0 Å². The predicted octanol–water partition coefficient (Wildman–Crippen LogP) is 2.73. The number of rotatable bonds is 5. The summed E-state index contributed by atoms with van der Waals surface area (Å²) >= 11 is 0. The molecule has 0 saturated heterocycles. The molecule has 1 fully saturated rings. The van der Waals surface area contributed by atoms with Crippen molar-refractivity contribution in [1.29, 1.82) is 0 Å². The van der Waals surface area contributed by atoms with Gasteiger partial charge < -0.3 is 9.52 Å². The molecule has 1 saturated carbocycles. The van der Waals surface area contributed by atoms with Gasteiger partial charge in [-0.05, 0) is 31.7 Å². The summed E-state index contributed by atoms with van der Waals surface area (Å²) in [6.07, 6.45) is 4.82. The van der Waals surface area contributed by atoms with Crippen molar-refractivity contribution in [2.45, 2.75) is 38.4 Å². The summed E-state index contributed by atoms with van der Waals surface area (Å²) in [6, 6.07) is 1.49. The molecule has 1 atom stereocenters. The van der Waals surface area contributed by atoms with Gasteiger partial charge in [-0.1, -0.05) is 12.8 Å². The van der Waals surface area contributed by atoms with E-state index >= 15 is 0 Å². The number of hydrogen-bond donors (Lipinski definition) is 1. The maximum atomic E-state index is 12.0. The van der Waals surface area contributed by atoms with Crippen molar-refractivity contribution < 1.29 is 18.5 Å². The molecule has 0 aromatic carbocycles. The van der Waals surface area contributed by atoms with Crippen LogP contribution in [-0.4, -0.2) is 21.0 Å². The molecule has 1 N–H and O–H groups in total. The van der Waals surface area contributed by atoms with Crippen LogP contribution in [0, 0.1) is 12.8 Å². The van der Waals surface area contributed by atoms with Crippen molar-refractivity contribution in [3.8, 4) is 0 Å². The standard InChI is InChI=1S/C13H18O4S/c1-9-12(13(14)15)6-11(17-9)8-18(16)7-10-4-2-3-5-10/h6,10H,2-5,7-8H2,1H3,(H,14,15). The van der Waals surface area contributed by atoms with Gasteiger partial charge in [0.1, 0.15) is 17.1 Å². The maximum Gasteiger partial charge on any atom is 0.339 e. The fourth-order valence-electron chi connectivity index (χ4n) is 2.48. The van der Waals surface area contributed by atoms with Crippen LogP contribution in [0.1, 0.15) is 47.6 Å². The predicted molar refractivity (Wildman–Crippen MR) is 69.1 cm³/mol. The third-order valence-electron chi connectivity index (χ3n) is 3.40. The van der Waals surface area contributed by atoms with Gasteiger partial charge in [0, 0.05) is 16.6 Å². The SMILES string of the molecule is Cc1oc(CS(=O)CC2CCCC2)cc1C(=O)O. The van der Waals surface area contributed by atoms with E-state index in [1.165, 1.54) is 31.7 Å². The maximum absolute atomic E-state index is 12.0. The smallest absolute Gasteiger partial charge is 0.339 e. The molecule has 1 aromatic heterocycles. The number of carboxylic acids is 1. The van der Waals surface area contributed by atoms with Crippen LogP contribution in [0.15, 0.2) is 10.5 Å². The Kier molecular flexibility index (Phi) is 4.22. The molecule has 4 nitrogen and oxygen atoms in total. The Morgan fingerprint density at radius 2 is 2.17 bits per heavy atom. The fraction of sp³-hybridized carbons (Fsp3) is 0.615. The lowest BCUT2D eigenvalue weighted by Gasteiger charge is -2.06. The highest BCUT2D eigenvalue weighted by Crippen LogP contribution is 2.26. The number of aromatic carboxylic acids is 1. The van der Waals surface area contributed by atoms with Crippen molar-refractivity contribution in [2.24, 2.45) is 5.92 Å². The second-order valence-electron chi connectivity index (χ2n) is 4.89. The van der Waals surface area contributed by atoms with E-state index in [0.29, 0.717) is 28.9 Å². The number of hydrogen-bond acceptors (Lipinski definition) is 3. The van der Waals surface area contributed by atoms with Gasteiger partial charge >= 0.3 is 5.97 Å². The van der Waals surface area contributed by atoms with Crippen LogP contribution in [0.2, 0.25) is 0 Å². The second-order valence-corrected chi connectivity index (χ2v) is 6.39. The molecule has 1 aliphatic carbocycles. The van der Waals surface area contributed by atoms with Crippen LogP contribution in [0.3, 0.4) is 0 Å². The van der Waals surface area contributed by atoms with Gasteiger partial charge in [0.2, 0.25) is 0 Å². The molecule has 5 heteroatoms. The summed E-state index contributed by atoms with van der Waals surface area (Å²) in [6.45, 7) is 1.62. The van der Waals surface area contributed by atoms with Crippen LogP contribution < -0.4 is 0 Å². The Morgan fingerprint density at radius 3 is 2.72 bits per heavy atom. The van der Waals surface area contributed by atoms with Crippen LogP contribution >= 0.6 is 0 Å². The Hall–Kier alpha value is -1.10. The lowest BCUT2D eigenvalue weighted by molar-refractivity contribution is 0.0695. The van der Waals surface area contributed by atoms with Crippen molar-refractivity contribution in [2.75, 3.05) is 5.75 Å². The highest BCUT2D eigenvalue weighted by Gasteiger charge is 2.20. The average molecular weight is 270 g/mol. The summed E-state index contributed by atoms with van der Waals surface area (Å²) in [5, 5.41) is 8.91. The average Bonchev–Trinajstić information content (AvgIpc) is 2.88. The van der Waals surface area contributed by atoms with Crippen LogP contribution in [0.5, 0.6) is 0 Å². The quantitative estimate of drug-likeness (QED) is 0.893. The van der Waals surface area contributed by atoms with E-state index in [1.807, 2.05) is 0 Å². The summed E-state index contributed by atoms with van der Waals surface area (Å²) < 4.78 is 17.3. The molecule has 0 bridgehead atoms. The van der Waals surface area contributed by atoms with Gasteiger partial charge in [-0.3, -0.25) is 4.21 Å². The van der Waals surface area contributed by atoms with Crippen molar-refractivity contribution in [1.82, 2.24) is 0 Å². The molecule has 0 aliphatic heterocycles. The molecule has 1 aromatic rings. The van der Waals surface area contributed by atoms with E-state index in [1.54, 1.807) is 6.92 Å². The van der Waals surface area contributed by atoms with Gasteiger partial charge in [-0.25, -0.2) is 4.79 Å². The Labute approximate surface area is 109 Å². The fourth-order valence-corrected chi connectivity index (χ4v) is 3.92. The molecule has 18 heavy (non-hydrogen) atoms. The zero-order valence-electron chi connectivity index (χ0n) is 10.5. The van der Waals surface area contributed by atoms with Crippen LogP contribution in [0.25, 0.3) is 0 Å². The third-order valence-corrected chi connectivity index (χ3v) is 4.85. The number of furan rings is 1. The highest BCUT2D eigenvalue weighted by molar-refractivity contribution is 7.84. The van der Waals surface area contributed by atoms with E-state index in [-0.39, 0.29) is 5.56 Å². The zero-order valence-corrected chi connectivity index (χ0v) is 11.3. The molecule has 2 rings (SSSR count). The monoisotopic (exact) mass is 270 g/mol. The first-order valence-electron chi connectivity index (χ1n) is 6.24. The molecule has 100 valence electrons. The Morgan fingerprint density at radius 1 is 1.50 bits per heavy atom. The van der Waals surface area contributed by atoms with Gasteiger partial charge in [-0.2, -0.15) is 0 Å². The lowest BCUT2D eigenvalue weighted by Crippen LogP contribution is -2.09.